The van der Waals surface area contributed by atoms with E-state index in [-0.39, 0.29) is 0 Å². The van der Waals surface area contributed by atoms with Gasteiger partial charge in [-0.05, 0) is 17.5 Å². The number of hydrogen-bond donors (Lipinski definition) is 0. The van der Waals surface area contributed by atoms with Crippen molar-refractivity contribution in [3.63, 3.8) is 0 Å². The van der Waals surface area contributed by atoms with Gasteiger partial charge >= 0.3 is 0 Å². The van der Waals surface area contributed by atoms with E-state index in [9.17, 15) is 0 Å². The van der Waals surface area contributed by atoms with Gasteiger partial charge in [0.2, 0.25) is 4.47 Å². The van der Waals surface area contributed by atoms with Gasteiger partial charge in [-0.1, -0.05) is 18.3 Å². The second-order valence-electron chi connectivity index (χ2n) is 2.71. The number of aromatic nitrogens is 2. The van der Waals surface area contributed by atoms with Gasteiger partial charge in [-0.15, -0.1) is 10.2 Å². The van der Waals surface area contributed by atoms with Crippen molar-refractivity contribution in [2.75, 3.05) is 13.7 Å². The molecule has 1 atom stereocenters. The van der Waals surface area contributed by atoms with Crippen molar-refractivity contribution in [1.82, 2.24) is 10.2 Å². The van der Waals surface area contributed by atoms with E-state index in [1.165, 1.54) is 11.3 Å². The molecule has 0 spiro atoms. The molecule has 1 aromatic heterocycles. The molecular weight excluding hydrogens is 196 g/mol. The molecule has 0 aromatic carbocycles. The molecule has 12 heavy (non-hydrogen) atoms. The minimum atomic E-state index is 0.471. The highest BCUT2D eigenvalue weighted by Gasteiger charge is 2.07. The van der Waals surface area contributed by atoms with Gasteiger partial charge in [0.25, 0.3) is 0 Å². The summed E-state index contributed by atoms with van der Waals surface area (Å²) in [6.45, 7) is 2.86. The van der Waals surface area contributed by atoms with Crippen molar-refractivity contribution in [3.8, 4) is 0 Å². The Morgan fingerprint density at radius 2 is 2.33 bits per heavy atom. The molecule has 0 N–H and O–H groups in total. The molecule has 1 heterocycles. The molecule has 0 fully saturated rings. The van der Waals surface area contributed by atoms with Crippen LogP contribution in [0.2, 0.25) is 4.47 Å². The third-order valence-electron chi connectivity index (χ3n) is 1.42. The lowest BCUT2D eigenvalue weighted by molar-refractivity contribution is 0.159. The molecule has 3 nitrogen and oxygen atoms in total. The first-order valence-electron chi connectivity index (χ1n) is 3.69. The molecule has 0 saturated carbocycles. The highest BCUT2D eigenvalue weighted by Crippen LogP contribution is 2.17. The molecule has 0 saturated heterocycles. The van der Waals surface area contributed by atoms with Crippen molar-refractivity contribution in [2.24, 2.45) is 5.92 Å². The summed E-state index contributed by atoms with van der Waals surface area (Å²) in [5, 5.41) is 8.62. The fraction of sp³-hybridized carbons (Fsp3) is 0.714. The highest BCUT2D eigenvalue weighted by atomic mass is 35.5. The molecule has 1 unspecified atom stereocenters. The second-order valence-corrected chi connectivity index (χ2v) is 4.36. The fourth-order valence-corrected chi connectivity index (χ4v) is 1.99. The van der Waals surface area contributed by atoms with Crippen LogP contribution in [0, 0.1) is 5.92 Å². The molecule has 5 heteroatoms. The Hall–Kier alpha value is -0.190. The Balaban J connectivity index is 2.41. The molecule has 0 aliphatic heterocycles. The van der Waals surface area contributed by atoms with Gasteiger partial charge in [0, 0.05) is 20.1 Å². The van der Waals surface area contributed by atoms with Gasteiger partial charge in [0.1, 0.15) is 5.01 Å². The Morgan fingerprint density at radius 1 is 1.58 bits per heavy atom. The first-order valence-corrected chi connectivity index (χ1v) is 4.88. The van der Waals surface area contributed by atoms with Crippen molar-refractivity contribution >= 4 is 22.9 Å². The summed E-state index contributed by atoms with van der Waals surface area (Å²) in [6.07, 6.45) is 0.887. The summed E-state index contributed by atoms with van der Waals surface area (Å²) in [5.41, 5.74) is 0. The van der Waals surface area contributed by atoms with Crippen LogP contribution < -0.4 is 0 Å². The van der Waals surface area contributed by atoms with Crippen LogP contribution in [0.25, 0.3) is 0 Å². The standard InChI is InChI=1S/C7H11ClN2OS/c1-5(4-11-2)3-6-9-10-7(8)12-6/h5H,3-4H2,1-2H3. The lowest BCUT2D eigenvalue weighted by atomic mass is 10.1. The first-order chi connectivity index (χ1) is 5.72. The Morgan fingerprint density at radius 3 is 2.83 bits per heavy atom. The van der Waals surface area contributed by atoms with Crippen molar-refractivity contribution < 1.29 is 4.74 Å². The number of rotatable bonds is 4. The summed E-state index contributed by atoms with van der Waals surface area (Å²) >= 11 is 7.06. The van der Waals surface area contributed by atoms with E-state index in [1.807, 2.05) is 0 Å². The van der Waals surface area contributed by atoms with E-state index in [0.29, 0.717) is 10.4 Å². The van der Waals surface area contributed by atoms with Crippen LogP contribution >= 0.6 is 22.9 Å². The molecule has 1 rings (SSSR count). The molecule has 0 amide bonds. The van der Waals surface area contributed by atoms with Crippen LogP contribution in [0.5, 0.6) is 0 Å². The lowest BCUT2D eigenvalue weighted by Crippen LogP contribution is -2.06. The number of halogens is 1. The number of ether oxygens (including phenoxy) is 1. The molecular formula is C7H11ClN2OS. The van der Waals surface area contributed by atoms with E-state index >= 15 is 0 Å². The van der Waals surface area contributed by atoms with Crippen molar-refractivity contribution in [3.05, 3.63) is 9.47 Å². The van der Waals surface area contributed by atoms with Crippen LogP contribution in [0.1, 0.15) is 11.9 Å². The maximum Gasteiger partial charge on any atom is 0.207 e. The lowest BCUT2D eigenvalue weighted by Gasteiger charge is -2.05. The molecule has 0 radical (unpaired) electrons. The SMILES string of the molecule is COCC(C)Cc1nnc(Cl)s1. The van der Waals surface area contributed by atoms with Gasteiger partial charge in [-0.25, -0.2) is 0 Å². The van der Waals surface area contributed by atoms with E-state index in [2.05, 4.69) is 17.1 Å². The zero-order chi connectivity index (χ0) is 8.97. The zero-order valence-corrected chi connectivity index (χ0v) is 8.65. The highest BCUT2D eigenvalue weighted by molar-refractivity contribution is 7.15. The van der Waals surface area contributed by atoms with E-state index in [4.69, 9.17) is 16.3 Å². The van der Waals surface area contributed by atoms with Gasteiger partial charge in [0.05, 0.1) is 0 Å². The molecule has 0 aliphatic rings. The van der Waals surface area contributed by atoms with Gasteiger partial charge in [-0.3, -0.25) is 0 Å². The second kappa shape index (κ2) is 4.74. The Kier molecular flexibility index (Phi) is 3.91. The van der Waals surface area contributed by atoms with Crippen molar-refractivity contribution in [1.29, 1.82) is 0 Å². The maximum atomic E-state index is 5.63. The van der Waals surface area contributed by atoms with Crippen LogP contribution in [0.3, 0.4) is 0 Å². The van der Waals surface area contributed by atoms with Gasteiger partial charge in [-0.2, -0.15) is 0 Å². The van der Waals surface area contributed by atoms with E-state index in [0.717, 1.165) is 18.0 Å². The summed E-state index contributed by atoms with van der Waals surface area (Å²) < 4.78 is 5.51. The largest absolute Gasteiger partial charge is 0.384 e. The molecule has 68 valence electrons. The average Bonchev–Trinajstić information content (AvgIpc) is 2.36. The summed E-state index contributed by atoms with van der Waals surface area (Å²) in [5.74, 6) is 0.471. The number of nitrogens with zero attached hydrogens (tertiary/aromatic N) is 2. The average molecular weight is 207 g/mol. The normalized spacial score (nSPS) is 13.2. The third-order valence-corrected chi connectivity index (χ3v) is 2.46. The number of methoxy groups -OCH3 is 1. The monoisotopic (exact) mass is 206 g/mol. The van der Waals surface area contributed by atoms with Crippen molar-refractivity contribution in [2.45, 2.75) is 13.3 Å². The van der Waals surface area contributed by atoms with Gasteiger partial charge < -0.3 is 4.74 Å². The minimum Gasteiger partial charge on any atom is -0.384 e. The predicted octanol–water partition coefficient (Wildman–Crippen LogP) is 2.02. The first kappa shape index (κ1) is 9.89. The molecule has 0 aliphatic carbocycles. The van der Waals surface area contributed by atoms with E-state index in [1.54, 1.807) is 7.11 Å². The van der Waals surface area contributed by atoms with Gasteiger partial charge in [0.15, 0.2) is 0 Å². The summed E-state index contributed by atoms with van der Waals surface area (Å²) in [4.78, 5) is 0. The van der Waals surface area contributed by atoms with Crippen LogP contribution in [0.4, 0.5) is 0 Å². The third kappa shape index (κ3) is 3.05. The summed E-state index contributed by atoms with van der Waals surface area (Å²) in [7, 11) is 1.70. The van der Waals surface area contributed by atoms with Crippen LogP contribution in [-0.2, 0) is 11.2 Å². The molecule has 0 bridgehead atoms. The minimum absolute atomic E-state index is 0.471. The van der Waals surface area contributed by atoms with Crippen LogP contribution in [-0.4, -0.2) is 23.9 Å². The smallest absolute Gasteiger partial charge is 0.207 e. The predicted molar refractivity (Wildman–Crippen MR) is 49.7 cm³/mol. The Labute approximate surface area is 80.7 Å². The Bertz CT molecular complexity index is 241. The topological polar surface area (TPSA) is 35.0 Å². The summed E-state index contributed by atoms with van der Waals surface area (Å²) in [6, 6.07) is 0. The number of hydrogen-bond acceptors (Lipinski definition) is 4. The van der Waals surface area contributed by atoms with E-state index < -0.39 is 0 Å². The quantitative estimate of drug-likeness (QED) is 0.756. The maximum absolute atomic E-state index is 5.63. The fourth-order valence-electron chi connectivity index (χ4n) is 0.957. The zero-order valence-electron chi connectivity index (χ0n) is 7.08. The molecule has 1 aromatic rings. The van der Waals surface area contributed by atoms with Crippen LogP contribution in [0.15, 0.2) is 0 Å².